The van der Waals surface area contributed by atoms with E-state index in [-0.39, 0.29) is 11.4 Å². The molecule has 0 atom stereocenters. The van der Waals surface area contributed by atoms with Crippen molar-refractivity contribution in [3.63, 3.8) is 0 Å². The lowest BCUT2D eigenvalue weighted by Crippen LogP contribution is -2.68. The molecule has 0 unspecified atom stereocenters. The summed E-state index contributed by atoms with van der Waals surface area (Å²) >= 11 is 0. The molecular weight excluding hydrogens is 224 g/mol. The molecule has 1 aliphatic heterocycles. The molecule has 2 rings (SSSR count). The van der Waals surface area contributed by atoms with Crippen LogP contribution in [-0.4, -0.2) is 29.4 Å². The van der Waals surface area contributed by atoms with E-state index < -0.39 is 0 Å². The molecule has 1 saturated heterocycles. The van der Waals surface area contributed by atoms with Crippen LogP contribution in [0.5, 0.6) is 0 Å². The molecule has 1 heterocycles. The number of rotatable bonds is 4. The van der Waals surface area contributed by atoms with E-state index in [4.69, 9.17) is 5.73 Å². The number of carbonyl (C=O) groups excluding carboxylic acids is 1. The topological polar surface area (TPSA) is 46.3 Å². The lowest BCUT2D eigenvalue weighted by Gasteiger charge is -2.48. The summed E-state index contributed by atoms with van der Waals surface area (Å²) in [7, 11) is 0. The Labute approximate surface area is 109 Å². The Morgan fingerprint density at radius 3 is 2.67 bits per heavy atom. The van der Waals surface area contributed by atoms with Crippen LogP contribution in [-0.2, 0) is 11.2 Å². The van der Waals surface area contributed by atoms with E-state index in [1.54, 1.807) is 0 Å². The lowest BCUT2D eigenvalue weighted by atomic mass is 9.86. The van der Waals surface area contributed by atoms with Crippen LogP contribution in [0, 0.1) is 6.92 Å². The molecule has 1 aliphatic rings. The van der Waals surface area contributed by atoms with Gasteiger partial charge in [-0.3, -0.25) is 4.79 Å². The van der Waals surface area contributed by atoms with Crippen LogP contribution >= 0.6 is 0 Å². The second-order valence-corrected chi connectivity index (χ2v) is 5.47. The quantitative estimate of drug-likeness (QED) is 0.881. The van der Waals surface area contributed by atoms with E-state index in [2.05, 4.69) is 6.92 Å². The van der Waals surface area contributed by atoms with Crippen LogP contribution in [0.2, 0.25) is 0 Å². The predicted molar refractivity (Wildman–Crippen MR) is 73.3 cm³/mol. The van der Waals surface area contributed by atoms with Crippen molar-refractivity contribution < 1.29 is 4.79 Å². The highest BCUT2D eigenvalue weighted by molar-refractivity contribution is 5.80. The fraction of sp³-hybridized carbons (Fsp3) is 0.533. The molecule has 0 saturated carbocycles. The van der Waals surface area contributed by atoms with Gasteiger partial charge in [0.1, 0.15) is 0 Å². The van der Waals surface area contributed by atoms with Crippen molar-refractivity contribution in [3.05, 3.63) is 35.4 Å². The molecule has 1 aromatic carbocycles. The van der Waals surface area contributed by atoms with Crippen molar-refractivity contribution in [1.82, 2.24) is 4.90 Å². The average molecular weight is 246 g/mol. The van der Waals surface area contributed by atoms with Crippen molar-refractivity contribution in [2.75, 3.05) is 13.1 Å². The van der Waals surface area contributed by atoms with Crippen molar-refractivity contribution in [3.8, 4) is 0 Å². The predicted octanol–water partition coefficient (Wildman–Crippen LogP) is 1.88. The first kappa shape index (κ1) is 13.1. The second kappa shape index (κ2) is 5.11. The average Bonchev–Trinajstić information content (AvgIpc) is 2.29. The van der Waals surface area contributed by atoms with Gasteiger partial charge in [-0.2, -0.15) is 0 Å². The standard InChI is InChI=1S/C15H22N2O/c1-3-8-15(16)10-17(11-15)14(18)9-13-7-5-4-6-12(13)2/h4-7H,3,8-11,16H2,1-2H3. The normalized spacial score (nSPS) is 17.4. The molecule has 3 heteroatoms. The van der Waals surface area contributed by atoms with Crippen LogP contribution in [0.4, 0.5) is 0 Å². The summed E-state index contributed by atoms with van der Waals surface area (Å²) in [5.41, 5.74) is 8.34. The maximum Gasteiger partial charge on any atom is 0.227 e. The fourth-order valence-corrected chi connectivity index (χ4v) is 2.63. The first-order chi connectivity index (χ1) is 8.54. The molecule has 0 aromatic heterocycles. The van der Waals surface area contributed by atoms with Crippen LogP contribution in [0.25, 0.3) is 0 Å². The van der Waals surface area contributed by atoms with Gasteiger partial charge in [0.05, 0.1) is 12.0 Å². The van der Waals surface area contributed by atoms with Gasteiger partial charge < -0.3 is 10.6 Å². The Kier molecular flexibility index (Phi) is 3.71. The number of aryl methyl sites for hydroxylation is 1. The van der Waals surface area contributed by atoms with Crippen LogP contribution in [0.3, 0.4) is 0 Å². The van der Waals surface area contributed by atoms with Crippen LogP contribution in [0.1, 0.15) is 30.9 Å². The first-order valence-electron chi connectivity index (χ1n) is 6.65. The number of hydrogen-bond acceptors (Lipinski definition) is 2. The number of likely N-dealkylation sites (tertiary alicyclic amines) is 1. The van der Waals surface area contributed by atoms with E-state index in [0.717, 1.165) is 18.4 Å². The van der Waals surface area contributed by atoms with E-state index >= 15 is 0 Å². The molecule has 18 heavy (non-hydrogen) atoms. The van der Waals surface area contributed by atoms with Crippen molar-refractivity contribution in [2.45, 2.75) is 38.6 Å². The summed E-state index contributed by atoms with van der Waals surface area (Å²) in [4.78, 5) is 14.0. The molecule has 0 bridgehead atoms. The zero-order valence-corrected chi connectivity index (χ0v) is 11.3. The van der Waals surface area contributed by atoms with Crippen molar-refractivity contribution in [2.24, 2.45) is 5.73 Å². The second-order valence-electron chi connectivity index (χ2n) is 5.47. The Bertz CT molecular complexity index is 436. The summed E-state index contributed by atoms with van der Waals surface area (Å²) in [6, 6.07) is 8.05. The lowest BCUT2D eigenvalue weighted by molar-refractivity contribution is -0.138. The van der Waals surface area contributed by atoms with Gasteiger partial charge in [0, 0.05) is 13.1 Å². The molecular formula is C15H22N2O. The number of nitrogens with zero attached hydrogens (tertiary/aromatic N) is 1. The minimum absolute atomic E-state index is 0.129. The third-order valence-electron chi connectivity index (χ3n) is 3.72. The van der Waals surface area contributed by atoms with Crippen LogP contribution < -0.4 is 5.73 Å². The molecule has 3 nitrogen and oxygen atoms in total. The minimum atomic E-state index is -0.129. The summed E-state index contributed by atoms with van der Waals surface area (Å²) in [6.45, 7) is 5.60. The zero-order chi connectivity index (χ0) is 13.2. The van der Waals surface area contributed by atoms with Crippen molar-refractivity contribution in [1.29, 1.82) is 0 Å². The molecule has 2 N–H and O–H groups in total. The number of nitrogens with two attached hydrogens (primary N) is 1. The van der Waals surface area contributed by atoms with E-state index in [0.29, 0.717) is 19.5 Å². The van der Waals surface area contributed by atoms with Gasteiger partial charge in [-0.25, -0.2) is 0 Å². The smallest absolute Gasteiger partial charge is 0.227 e. The first-order valence-corrected chi connectivity index (χ1v) is 6.65. The van der Waals surface area contributed by atoms with Crippen LogP contribution in [0.15, 0.2) is 24.3 Å². The maximum absolute atomic E-state index is 12.1. The number of benzene rings is 1. The Morgan fingerprint density at radius 1 is 1.39 bits per heavy atom. The number of hydrogen-bond donors (Lipinski definition) is 1. The zero-order valence-electron chi connectivity index (χ0n) is 11.3. The van der Waals surface area contributed by atoms with Gasteiger partial charge in [0.15, 0.2) is 0 Å². The Hall–Kier alpha value is -1.35. The van der Waals surface area contributed by atoms with Gasteiger partial charge in [-0.1, -0.05) is 37.6 Å². The van der Waals surface area contributed by atoms with Gasteiger partial charge in [0.2, 0.25) is 5.91 Å². The largest absolute Gasteiger partial charge is 0.339 e. The molecule has 1 aromatic rings. The number of carbonyl (C=O) groups is 1. The van der Waals surface area contributed by atoms with Gasteiger partial charge in [0.25, 0.3) is 0 Å². The Balaban J connectivity index is 1.90. The summed E-state index contributed by atoms with van der Waals surface area (Å²) in [5.74, 6) is 0.196. The van der Waals surface area contributed by atoms with E-state index in [9.17, 15) is 4.79 Å². The van der Waals surface area contributed by atoms with E-state index in [1.807, 2.05) is 36.1 Å². The molecule has 0 spiro atoms. The molecule has 1 amide bonds. The van der Waals surface area contributed by atoms with Gasteiger partial charge >= 0.3 is 0 Å². The summed E-state index contributed by atoms with van der Waals surface area (Å²) < 4.78 is 0. The fourth-order valence-electron chi connectivity index (χ4n) is 2.63. The van der Waals surface area contributed by atoms with E-state index in [1.165, 1.54) is 5.56 Å². The summed E-state index contributed by atoms with van der Waals surface area (Å²) in [5, 5.41) is 0. The highest BCUT2D eigenvalue weighted by atomic mass is 16.2. The highest BCUT2D eigenvalue weighted by Crippen LogP contribution is 2.24. The van der Waals surface area contributed by atoms with Gasteiger partial charge in [-0.05, 0) is 24.5 Å². The third-order valence-corrected chi connectivity index (χ3v) is 3.72. The maximum atomic E-state index is 12.1. The molecule has 1 fully saturated rings. The monoisotopic (exact) mass is 246 g/mol. The SMILES string of the molecule is CCCC1(N)CN(C(=O)Cc2ccccc2C)C1. The minimum Gasteiger partial charge on any atom is -0.339 e. The number of amides is 1. The third kappa shape index (κ3) is 2.72. The van der Waals surface area contributed by atoms with Crippen molar-refractivity contribution >= 4 is 5.91 Å². The van der Waals surface area contributed by atoms with Gasteiger partial charge in [-0.15, -0.1) is 0 Å². The molecule has 98 valence electrons. The molecule has 0 aliphatic carbocycles. The Morgan fingerprint density at radius 2 is 2.06 bits per heavy atom. The molecule has 0 radical (unpaired) electrons. The summed E-state index contributed by atoms with van der Waals surface area (Å²) in [6.07, 6.45) is 2.58. The highest BCUT2D eigenvalue weighted by Gasteiger charge is 2.40.